The van der Waals surface area contributed by atoms with E-state index in [0.29, 0.717) is 45.2 Å². The average molecular weight is 326 g/mol. The first-order valence-electron chi connectivity index (χ1n) is 6.36. The van der Waals surface area contributed by atoms with Crippen LogP contribution in [0.2, 0.25) is 5.02 Å². The summed E-state index contributed by atoms with van der Waals surface area (Å²) in [6, 6.07) is 3.44. The Labute approximate surface area is 130 Å². The third-order valence-corrected chi connectivity index (χ3v) is 4.30. The van der Waals surface area contributed by atoms with Crippen LogP contribution < -0.4 is 9.47 Å². The first-order chi connectivity index (χ1) is 10.1. The number of aromatic nitrogens is 1. The molecule has 1 aromatic heterocycles. The number of halogens is 1. The lowest BCUT2D eigenvalue weighted by atomic mass is 10.1. The average Bonchev–Trinajstić information content (AvgIpc) is 2.67. The molecular weight excluding hydrogens is 314 g/mol. The lowest BCUT2D eigenvalue weighted by molar-refractivity contribution is 0.0692. The summed E-state index contributed by atoms with van der Waals surface area (Å²) in [5.41, 5.74) is 0.704. The number of ether oxygens (including phenoxy) is 2. The van der Waals surface area contributed by atoms with Gasteiger partial charge in [0, 0.05) is 6.42 Å². The maximum Gasteiger partial charge on any atom is 0.356 e. The quantitative estimate of drug-likeness (QED) is 0.913. The van der Waals surface area contributed by atoms with Crippen LogP contribution in [0.15, 0.2) is 12.1 Å². The van der Waals surface area contributed by atoms with Gasteiger partial charge in [-0.05, 0) is 24.6 Å². The summed E-state index contributed by atoms with van der Waals surface area (Å²) in [6.45, 7) is 2.86. The summed E-state index contributed by atoms with van der Waals surface area (Å²) >= 11 is 7.55. The smallest absolute Gasteiger partial charge is 0.356 e. The molecule has 1 aromatic carbocycles. The van der Waals surface area contributed by atoms with E-state index in [-0.39, 0.29) is 5.69 Å². The van der Waals surface area contributed by atoms with Gasteiger partial charge in [0.05, 0.1) is 28.1 Å². The van der Waals surface area contributed by atoms with Crippen molar-refractivity contribution in [1.29, 1.82) is 0 Å². The zero-order valence-corrected chi connectivity index (χ0v) is 12.8. The molecule has 2 aromatic rings. The molecule has 7 heteroatoms. The number of hydrogen-bond donors (Lipinski definition) is 1. The van der Waals surface area contributed by atoms with Crippen LogP contribution >= 0.6 is 22.9 Å². The molecule has 0 unspecified atom stereocenters. The van der Waals surface area contributed by atoms with E-state index in [9.17, 15) is 9.90 Å². The van der Waals surface area contributed by atoms with E-state index in [0.717, 1.165) is 6.42 Å². The molecule has 0 saturated heterocycles. The van der Waals surface area contributed by atoms with Crippen molar-refractivity contribution in [3.05, 3.63) is 27.9 Å². The number of fused-ring (bicyclic) bond motifs is 1. The number of carbonyl (C=O) groups is 1. The van der Waals surface area contributed by atoms with E-state index in [2.05, 4.69) is 4.98 Å². The first-order valence-corrected chi connectivity index (χ1v) is 7.56. The van der Waals surface area contributed by atoms with E-state index in [1.165, 1.54) is 11.3 Å². The highest BCUT2D eigenvalue weighted by Crippen LogP contribution is 2.42. The molecule has 0 saturated carbocycles. The van der Waals surface area contributed by atoms with Crippen molar-refractivity contribution in [3.8, 4) is 21.9 Å². The van der Waals surface area contributed by atoms with Crippen molar-refractivity contribution in [2.45, 2.75) is 13.3 Å². The molecule has 0 bridgehead atoms. The van der Waals surface area contributed by atoms with Crippen LogP contribution in [-0.4, -0.2) is 29.3 Å². The van der Waals surface area contributed by atoms with Crippen LogP contribution in [0.3, 0.4) is 0 Å². The molecular formula is C14H12ClNO4S. The third kappa shape index (κ3) is 2.69. The molecule has 5 nitrogen and oxygen atoms in total. The summed E-state index contributed by atoms with van der Waals surface area (Å²) in [5.74, 6) is -0.00833. The maximum atomic E-state index is 11.3. The molecule has 0 spiro atoms. The van der Waals surface area contributed by atoms with E-state index < -0.39 is 5.97 Å². The van der Waals surface area contributed by atoms with Gasteiger partial charge >= 0.3 is 5.97 Å². The Morgan fingerprint density at radius 1 is 1.38 bits per heavy atom. The van der Waals surface area contributed by atoms with Crippen LogP contribution in [0.1, 0.15) is 21.9 Å². The van der Waals surface area contributed by atoms with Crippen molar-refractivity contribution in [2.24, 2.45) is 0 Å². The Morgan fingerprint density at radius 2 is 2.14 bits per heavy atom. The highest BCUT2D eigenvalue weighted by molar-refractivity contribution is 7.15. The van der Waals surface area contributed by atoms with Crippen molar-refractivity contribution < 1.29 is 19.4 Å². The number of rotatable bonds is 2. The number of aryl methyl sites for hydroxylation is 1. The number of thiazole rings is 1. The summed E-state index contributed by atoms with van der Waals surface area (Å²) in [6.07, 6.45) is 0.778. The molecule has 2 heterocycles. The predicted molar refractivity (Wildman–Crippen MR) is 79.9 cm³/mol. The van der Waals surface area contributed by atoms with E-state index in [1.807, 2.05) is 0 Å². The predicted octanol–water partition coefficient (Wildman–Crippen LogP) is 3.63. The topological polar surface area (TPSA) is 68.7 Å². The Hall–Kier alpha value is -1.79. The second kappa shape index (κ2) is 5.54. The molecule has 0 fully saturated rings. The van der Waals surface area contributed by atoms with Crippen LogP contribution in [0.25, 0.3) is 10.4 Å². The van der Waals surface area contributed by atoms with Gasteiger partial charge in [0.15, 0.2) is 17.2 Å². The van der Waals surface area contributed by atoms with Crippen molar-refractivity contribution >= 4 is 28.9 Å². The normalized spacial score (nSPS) is 13.8. The molecule has 1 aliphatic heterocycles. The molecule has 110 valence electrons. The largest absolute Gasteiger partial charge is 0.489 e. The summed E-state index contributed by atoms with van der Waals surface area (Å²) in [7, 11) is 0. The number of nitrogens with zero attached hydrogens (tertiary/aromatic N) is 1. The molecule has 3 rings (SSSR count). The Bertz CT molecular complexity index is 713. The Balaban J connectivity index is 2.14. The minimum Gasteiger partial charge on any atom is -0.489 e. The van der Waals surface area contributed by atoms with Gasteiger partial charge < -0.3 is 14.6 Å². The van der Waals surface area contributed by atoms with Gasteiger partial charge in [-0.25, -0.2) is 9.78 Å². The molecule has 0 radical (unpaired) electrons. The SMILES string of the molecule is Cc1nc(C(=O)O)c(-c2cc(Cl)c3c(c2)OCCCO3)s1. The van der Waals surface area contributed by atoms with E-state index in [4.69, 9.17) is 21.1 Å². The number of aromatic carboxylic acids is 1. The second-order valence-electron chi connectivity index (χ2n) is 4.55. The fraction of sp³-hybridized carbons (Fsp3) is 0.286. The van der Waals surface area contributed by atoms with Gasteiger partial charge in [-0.15, -0.1) is 11.3 Å². The lowest BCUT2D eigenvalue weighted by Crippen LogP contribution is -1.99. The van der Waals surface area contributed by atoms with E-state index in [1.54, 1.807) is 19.1 Å². The van der Waals surface area contributed by atoms with Crippen LogP contribution in [0.5, 0.6) is 11.5 Å². The Morgan fingerprint density at radius 3 is 2.90 bits per heavy atom. The van der Waals surface area contributed by atoms with Gasteiger partial charge in [-0.3, -0.25) is 0 Å². The number of benzene rings is 1. The number of carboxylic acids is 1. The standard InChI is InChI=1S/C14H12ClNO4S/c1-7-16-11(14(17)18)13(21-7)8-5-9(15)12-10(6-8)19-3-2-4-20-12/h5-6H,2-4H2,1H3,(H,17,18). The Kier molecular flexibility index (Phi) is 3.73. The van der Waals surface area contributed by atoms with Crippen molar-refractivity contribution in [2.75, 3.05) is 13.2 Å². The van der Waals surface area contributed by atoms with Gasteiger partial charge in [-0.2, -0.15) is 0 Å². The highest BCUT2D eigenvalue weighted by Gasteiger charge is 2.21. The van der Waals surface area contributed by atoms with Gasteiger partial charge in [0.25, 0.3) is 0 Å². The lowest BCUT2D eigenvalue weighted by Gasteiger charge is -2.11. The molecule has 0 amide bonds. The molecule has 21 heavy (non-hydrogen) atoms. The first kappa shape index (κ1) is 14.2. The minimum atomic E-state index is -1.06. The van der Waals surface area contributed by atoms with Crippen molar-refractivity contribution in [1.82, 2.24) is 4.98 Å². The zero-order chi connectivity index (χ0) is 15.0. The summed E-state index contributed by atoms with van der Waals surface area (Å²) in [5, 5.41) is 10.3. The molecule has 0 aliphatic carbocycles. The van der Waals surface area contributed by atoms with Crippen LogP contribution in [0, 0.1) is 6.92 Å². The van der Waals surface area contributed by atoms with Gasteiger partial charge in [0.2, 0.25) is 0 Å². The van der Waals surface area contributed by atoms with Gasteiger partial charge in [-0.1, -0.05) is 11.6 Å². The minimum absolute atomic E-state index is 0.0306. The van der Waals surface area contributed by atoms with Crippen LogP contribution in [-0.2, 0) is 0 Å². The molecule has 1 aliphatic rings. The monoisotopic (exact) mass is 325 g/mol. The molecule has 0 atom stereocenters. The van der Waals surface area contributed by atoms with Crippen molar-refractivity contribution in [3.63, 3.8) is 0 Å². The van der Waals surface area contributed by atoms with Crippen LogP contribution in [0.4, 0.5) is 0 Å². The molecule has 1 N–H and O–H groups in total. The summed E-state index contributed by atoms with van der Waals surface area (Å²) < 4.78 is 11.2. The van der Waals surface area contributed by atoms with Gasteiger partial charge in [0.1, 0.15) is 0 Å². The zero-order valence-electron chi connectivity index (χ0n) is 11.2. The number of carboxylic acid groups (broad SMARTS) is 1. The fourth-order valence-corrected chi connectivity index (χ4v) is 3.29. The van der Waals surface area contributed by atoms with E-state index >= 15 is 0 Å². The second-order valence-corrected chi connectivity index (χ2v) is 6.16. The highest BCUT2D eigenvalue weighted by atomic mass is 35.5. The number of hydrogen-bond acceptors (Lipinski definition) is 5. The maximum absolute atomic E-state index is 11.3. The fourth-order valence-electron chi connectivity index (χ4n) is 2.13. The third-order valence-electron chi connectivity index (χ3n) is 3.00. The summed E-state index contributed by atoms with van der Waals surface area (Å²) in [4.78, 5) is 15.9.